The van der Waals surface area contributed by atoms with E-state index in [-0.39, 0.29) is 60.4 Å². The SMILES string of the molecule is Cc1cc2c(cc1C(F)(F)F)NCCCC2N(Cc1cc(C(F)(F)F)cc(C(F)(F)F)c1)c1nnn(CCN2C(=O)c3ccccc3C2=O)n1. The quantitative estimate of drug-likeness (QED) is 0.159. The standard InChI is InChI=1S/C32H26F9N7O2/c1-17-11-23-25(15-24(17)32(39,40)41)42-8-4-7-26(23)47(16-18-12-19(30(33,34)35)14-20(13-18)31(36,37)38)29-43-45-48(44-29)10-9-46-27(49)21-5-2-3-6-22(21)28(46)50/h2-3,5-6,11-15,26,42H,4,7-10,16H2,1H3. The molecule has 9 nitrogen and oxygen atoms in total. The van der Waals surface area contributed by atoms with Gasteiger partial charge in [-0.3, -0.25) is 14.5 Å². The van der Waals surface area contributed by atoms with E-state index in [2.05, 4.69) is 20.7 Å². The van der Waals surface area contributed by atoms with Crippen LogP contribution >= 0.6 is 0 Å². The van der Waals surface area contributed by atoms with Crippen molar-refractivity contribution in [3.8, 4) is 0 Å². The number of alkyl halides is 9. The molecule has 3 heterocycles. The fourth-order valence-corrected chi connectivity index (χ4v) is 6.17. The summed E-state index contributed by atoms with van der Waals surface area (Å²) >= 11 is 0. The van der Waals surface area contributed by atoms with E-state index in [0.717, 1.165) is 15.8 Å². The zero-order chi connectivity index (χ0) is 36.2. The van der Waals surface area contributed by atoms with Gasteiger partial charge in [-0.25, -0.2) is 0 Å². The fourth-order valence-electron chi connectivity index (χ4n) is 6.17. The van der Waals surface area contributed by atoms with Gasteiger partial charge in [0.25, 0.3) is 17.8 Å². The van der Waals surface area contributed by atoms with Crippen LogP contribution in [0.5, 0.6) is 0 Å². The van der Waals surface area contributed by atoms with Crippen LogP contribution in [0.3, 0.4) is 0 Å². The number of aryl methyl sites for hydroxylation is 1. The van der Waals surface area contributed by atoms with Crippen molar-refractivity contribution in [2.24, 2.45) is 0 Å². The number of fused-ring (bicyclic) bond motifs is 2. The second-order valence-electron chi connectivity index (χ2n) is 11.9. The van der Waals surface area contributed by atoms with E-state index in [1.54, 1.807) is 12.1 Å². The smallest absolute Gasteiger partial charge is 0.385 e. The second kappa shape index (κ2) is 12.6. The maximum absolute atomic E-state index is 13.8. The van der Waals surface area contributed by atoms with E-state index in [0.29, 0.717) is 24.1 Å². The first kappa shape index (κ1) is 34.7. The largest absolute Gasteiger partial charge is 0.416 e. The Labute approximate surface area is 277 Å². The predicted molar refractivity (Wildman–Crippen MR) is 159 cm³/mol. The number of amides is 2. The molecule has 1 aromatic heterocycles. The molecule has 0 saturated heterocycles. The number of aromatic nitrogens is 4. The first-order valence-corrected chi connectivity index (χ1v) is 15.2. The van der Waals surface area contributed by atoms with Gasteiger partial charge in [-0.15, -0.1) is 5.10 Å². The Hall–Kier alpha value is -5.16. The average molecular weight is 712 g/mol. The lowest BCUT2D eigenvalue weighted by Crippen LogP contribution is -2.33. The Morgan fingerprint density at radius 3 is 2.04 bits per heavy atom. The van der Waals surface area contributed by atoms with Crippen LogP contribution in [0.15, 0.2) is 54.6 Å². The summed E-state index contributed by atoms with van der Waals surface area (Å²) in [5, 5.41) is 15.2. The van der Waals surface area contributed by atoms with Crippen molar-refractivity contribution in [2.75, 3.05) is 23.3 Å². The summed E-state index contributed by atoms with van der Waals surface area (Å²) in [5.74, 6) is -1.35. The molecule has 0 aliphatic carbocycles. The van der Waals surface area contributed by atoms with E-state index in [9.17, 15) is 49.1 Å². The predicted octanol–water partition coefficient (Wildman–Crippen LogP) is 7.29. The average Bonchev–Trinajstić information content (AvgIpc) is 3.52. The molecule has 3 aromatic carbocycles. The van der Waals surface area contributed by atoms with Crippen LogP contribution in [-0.4, -0.2) is 50.0 Å². The first-order chi connectivity index (χ1) is 23.4. The Kier molecular flexibility index (Phi) is 8.76. The Balaban J connectivity index is 1.39. The molecule has 50 heavy (non-hydrogen) atoms. The molecule has 0 saturated carbocycles. The minimum Gasteiger partial charge on any atom is -0.385 e. The third-order valence-corrected chi connectivity index (χ3v) is 8.51. The van der Waals surface area contributed by atoms with Crippen molar-refractivity contribution in [2.45, 2.75) is 57.4 Å². The third-order valence-electron chi connectivity index (χ3n) is 8.51. The van der Waals surface area contributed by atoms with Gasteiger partial charge in [0.1, 0.15) is 0 Å². The zero-order valence-electron chi connectivity index (χ0n) is 25.9. The lowest BCUT2D eigenvalue weighted by atomic mass is 9.94. The molecule has 6 rings (SSSR count). The van der Waals surface area contributed by atoms with Gasteiger partial charge in [-0.1, -0.05) is 23.3 Å². The molecule has 2 aliphatic heterocycles. The first-order valence-electron chi connectivity index (χ1n) is 15.2. The van der Waals surface area contributed by atoms with E-state index >= 15 is 0 Å². The van der Waals surface area contributed by atoms with Gasteiger partial charge < -0.3 is 10.2 Å². The minimum absolute atomic E-state index is 0.00547. The summed E-state index contributed by atoms with van der Waals surface area (Å²) in [4.78, 5) is 28.9. The molecule has 264 valence electrons. The normalized spacial score (nSPS) is 16.6. The van der Waals surface area contributed by atoms with Crippen molar-refractivity contribution in [1.29, 1.82) is 0 Å². The molecule has 1 N–H and O–H groups in total. The molecule has 4 aromatic rings. The number of carbonyl (C=O) groups is 2. The van der Waals surface area contributed by atoms with E-state index in [1.807, 2.05) is 0 Å². The van der Waals surface area contributed by atoms with Crippen LogP contribution in [-0.2, 0) is 31.6 Å². The highest BCUT2D eigenvalue weighted by molar-refractivity contribution is 6.21. The van der Waals surface area contributed by atoms with Gasteiger partial charge >= 0.3 is 18.5 Å². The summed E-state index contributed by atoms with van der Waals surface area (Å²) in [6.07, 6.45) is -14.4. The number of nitrogens with one attached hydrogen (secondary N) is 1. The number of hydrogen-bond acceptors (Lipinski definition) is 7. The van der Waals surface area contributed by atoms with Gasteiger partial charge in [0.05, 0.1) is 46.9 Å². The van der Waals surface area contributed by atoms with Crippen LogP contribution in [0.4, 0.5) is 51.1 Å². The van der Waals surface area contributed by atoms with Crippen LogP contribution < -0.4 is 10.2 Å². The van der Waals surface area contributed by atoms with Crippen LogP contribution in [0.25, 0.3) is 0 Å². The summed E-state index contributed by atoms with van der Waals surface area (Å²) in [5.41, 5.74) is -3.80. The van der Waals surface area contributed by atoms with Crippen LogP contribution in [0.1, 0.15) is 73.0 Å². The number of rotatable bonds is 7. The molecule has 0 fully saturated rings. The van der Waals surface area contributed by atoms with Gasteiger partial charge in [0, 0.05) is 18.8 Å². The highest BCUT2D eigenvalue weighted by atomic mass is 19.4. The summed E-state index contributed by atoms with van der Waals surface area (Å²) in [7, 11) is 0. The number of anilines is 2. The molecule has 0 radical (unpaired) electrons. The Morgan fingerprint density at radius 2 is 1.46 bits per heavy atom. The molecular formula is C32H26F9N7O2. The number of nitrogens with zero attached hydrogens (tertiary/aromatic N) is 6. The van der Waals surface area contributed by atoms with Crippen molar-refractivity contribution in [1.82, 2.24) is 25.1 Å². The highest BCUT2D eigenvalue weighted by Gasteiger charge is 2.39. The molecule has 2 amide bonds. The number of halogens is 9. The van der Waals surface area contributed by atoms with E-state index in [4.69, 9.17) is 0 Å². The van der Waals surface area contributed by atoms with Crippen LogP contribution in [0, 0.1) is 6.92 Å². The maximum Gasteiger partial charge on any atom is 0.416 e. The van der Waals surface area contributed by atoms with Crippen molar-refractivity contribution >= 4 is 23.5 Å². The summed E-state index contributed by atoms with van der Waals surface area (Å²) < 4.78 is 124. The van der Waals surface area contributed by atoms with E-state index < -0.39 is 65.2 Å². The summed E-state index contributed by atoms with van der Waals surface area (Å²) in [6, 6.07) is 8.56. The molecular weight excluding hydrogens is 685 g/mol. The Morgan fingerprint density at radius 1 is 0.840 bits per heavy atom. The highest BCUT2D eigenvalue weighted by Crippen LogP contribution is 2.43. The molecule has 2 aliphatic rings. The van der Waals surface area contributed by atoms with Gasteiger partial charge in [0.15, 0.2) is 0 Å². The monoisotopic (exact) mass is 711 g/mol. The summed E-state index contributed by atoms with van der Waals surface area (Å²) in [6.45, 7) is 0.470. The number of benzene rings is 3. The molecule has 18 heteroatoms. The topological polar surface area (TPSA) is 96.2 Å². The molecule has 1 atom stereocenters. The lowest BCUT2D eigenvalue weighted by Gasteiger charge is -2.32. The minimum atomic E-state index is -5.13. The third kappa shape index (κ3) is 6.82. The second-order valence-corrected chi connectivity index (χ2v) is 11.9. The molecule has 0 bridgehead atoms. The van der Waals surface area contributed by atoms with Gasteiger partial charge in [0.2, 0.25) is 0 Å². The van der Waals surface area contributed by atoms with Crippen molar-refractivity contribution in [3.05, 3.63) is 99.1 Å². The molecule has 0 spiro atoms. The number of tetrazole rings is 1. The van der Waals surface area contributed by atoms with Crippen LogP contribution in [0.2, 0.25) is 0 Å². The van der Waals surface area contributed by atoms with Gasteiger partial charge in [-0.2, -0.15) is 44.3 Å². The lowest BCUT2D eigenvalue weighted by molar-refractivity contribution is -0.143. The number of carbonyl (C=O) groups excluding carboxylic acids is 2. The van der Waals surface area contributed by atoms with Crippen molar-refractivity contribution < 1.29 is 49.1 Å². The zero-order valence-corrected chi connectivity index (χ0v) is 25.9. The molecule has 1 unspecified atom stereocenters. The number of hydrogen-bond donors (Lipinski definition) is 1. The maximum atomic E-state index is 13.8. The van der Waals surface area contributed by atoms with E-state index in [1.165, 1.54) is 30.0 Å². The van der Waals surface area contributed by atoms with Crippen molar-refractivity contribution in [3.63, 3.8) is 0 Å². The van der Waals surface area contributed by atoms with Gasteiger partial charge in [-0.05, 0) is 78.1 Å². The Bertz CT molecular complexity index is 1890. The fraction of sp³-hybridized carbons (Fsp3) is 0.344. The number of imide groups is 1.